The number of hydrogen-bond donors (Lipinski definition) is 0. The molecule has 0 aliphatic carbocycles. The zero-order chi connectivity index (χ0) is 21.6. The van der Waals surface area contributed by atoms with Gasteiger partial charge in [0.25, 0.3) is 0 Å². The van der Waals surface area contributed by atoms with Gasteiger partial charge in [-0.25, -0.2) is 26.6 Å². The number of rotatable bonds is 3. The summed E-state index contributed by atoms with van der Waals surface area (Å²) in [6.45, 7) is 0. The summed E-state index contributed by atoms with van der Waals surface area (Å²) in [7, 11) is -4.33. The first-order valence-corrected chi connectivity index (χ1v) is 10.7. The fourth-order valence-corrected chi connectivity index (χ4v) is 5.36. The number of fused-ring (bicyclic) bond motifs is 1. The van der Waals surface area contributed by atoms with Crippen LogP contribution in [0.15, 0.2) is 70.5 Å². The van der Waals surface area contributed by atoms with Crippen LogP contribution in [0.2, 0.25) is 10.2 Å². The first kappa shape index (κ1) is 20.7. The number of aromatic nitrogens is 1. The number of hydrogen-bond acceptors (Lipinski definition) is 3. The summed E-state index contributed by atoms with van der Waals surface area (Å²) in [6, 6.07) is 11.6. The van der Waals surface area contributed by atoms with Crippen molar-refractivity contribution in [3.63, 3.8) is 0 Å². The number of nitrogens with zero attached hydrogens (tertiary/aromatic N) is 1. The number of benzene rings is 3. The Morgan fingerprint density at radius 3 is 2.13 bits per heavy atom. The summed E-state index contributed by atoms with van der Waals surface area (Å²) in [5.41, 5.74) is 0.560. The van der Waals surface area contributed by atoms with Crippen molar-refractivity contribution in [2.75, 3.05) is 0 Å². The molecule has 0 N–H and O–H groups in total. The maximum atomic E-state index is 13.7. The van der Waals surface area contributed by atoms with E-state index in [2.05, 4.69) is 4.98 Å². The van der Waals surface area contributed by atoms with Crippen molar-refractivity contribution < 1.29 is 21.6 Å². The minimum Gasteiger partial charge on any atom is -0.235 e. The number of sulfone groups is 1. The normalized spacial score (nSPS) is 11.8. The smallest absolute Gasteiger partial charge is 0.210 e. The van der Waals surface area contributed by atoms with Crippen LogP contribution >= 0.6 is 23.2 Å². The van der Waals surface area contributed by atoms with Crippen LogP contribution in [0.4, 0.5) is 13.2 Å². The second kappa shape index (κ2) is 7.58. The lowest BCUT2D eigenvalue weighted by Crippen LogP contribution is -2.07. The molecule has 0 saturated carbocycles. The summed E-state index contributed by atoms with van der Waals surface area (Å²) in [4.78, 5) is 3.36. The molecule has 152 valence electrons. The number of pyridine rings is 1. The Morgan fingerprint density at radius 1 is 0.800 bits per heavy atom. The first-order valence-electron chi connectivity index (χ1n) is 8.43. The van der Waals surface area contributed by atoms with Gasteiger partial charge in [-0.05, 0) is 48.0 Å². The van der Waals surface area contributed by atoms with Crippen molar-refractivity contribution in [2.24, 2.45) is 0 Å². The first-order chi connectivity index (χ1) is 14.2. The second-order valence-electron chi connectivity index (χ2n) is 6.35. The van der Waals surface area contributed by atoms with Gasteiger partial charge in [-0.1, -0.05) is 35.3 Å². The van der Waals surface area contributed by atoms with Crippen LogP contribution in [-0.2, 0) is 9.84 Å². The van der Waals surface area contributed by atoms with Crippen molar-refractivity contribution >= 4 is 43.9 Å². The van der Waals surface area contributed by atoms with Gasteiger partial charge in [0.2, 0.25) is 9.84 Å². The van der Waals surface area contributed by atoms with Gasteiger partial charge in [0.05, 0.1) is 15.4 Å². The highest BCUT2D eigenvalue weighted by Gasteiger charge is 2.29. The van der Waals surface area contributed by atoms with Crippen molar-refractivity contribution in [1.82, 2.24) is 4.98 Å². The Balaban J connectivity index is 2.12. The van der Waals surface area contributed by atoms with Crippen LogP contribution in [0.5, 0.6) is 0 Å². The van der Waals surface area contributed by atoms with E-state index < -0.39 is 32.4 Å². The summed E-state index contributed by atoms with van der Waals surface area (Å²) >= 11 is 12.0. The third-order valence-electron chi connectivity index (χ3n) is 4.47. The van der Waals surface area contributed by atoms with Crippen molar-refractivity contribution in [1.29, 1.82) is 0 Å². The molecule has 0 spiro atoms. The summed E-state index contributed by atoms with van der Waals surface area (Å²) in [5, 5.41) is -0.501. The third kappa shape index (κ3) is 3.53. The molecule has 0 aliphatic rings. The highest BCUT2D eigenvalue weighted by atomic mass is 35.5. The molecule has 4 rings (SSSR count). The van der Waals surface area contributed by atoms with Gasteiger partial charge >= 0.3 is 0 Å². The van der Waals surface area contributed by atoms with Crippen LogP contribution in [0.25, 0.3) is 22.0 Å². The fraction of sp³-hybridized carbons (Fsp3) is 0. The lowest BCUT2D eigenvalue weighted by atomic mass is 10.0. The largest absolute Gasteiger partial charge is 0.235 e. The summed E-state index contributed by atoms with van der Waals surface area (Å²) in [5.74, 6) is -1.89. The van der Waals surface area contributed by atoms with E-state index in [0.717, 1.165) is 42.5 Å². The molecule has 30 heavy (non-hydrogen) atoms. The molecule has 9 heteroatoms. The van der Waals surface area contributed by atoms with Crippen molar-refractivity contribution in [2.45, 2.75) is 9.79 Å². The van der Waals surface area contributed by atoms with Crippen molar-refractivity contribution in [3.8, 4) is 11.1 Å². The molecular formula is C21H10Cl2F3NO2S. The van der Waals surface area contributed by atoms with Crippen LogP contribution < -0.4 is 0 Å². The molecule has 1 heterocycles. The lowest BCUT2D eigenvalue weighted by Gasteiger charge is -2.16. The van der Waals surface area contributed by atoms with Crippen LogP contribution in [0.3, 0.4) is 0 Å². The fourth-order valence-electron chi connectivity index (χ4n) is 3.10. The molecule has 0 amide bonds. The van der Waals surface area contributed by atoms with Gasteiger partial charge in [0.15, 0.2) is 0 Å². The van der Waals surface area contributed by atoms with E-state index in [0.29, 0.717) is 10.9 Å². The van der Waals surface area contributed by atoms with Gasteiger partial charge in [-0.2, -0.15) is 0 Å². The molecule has 0 saturated heterocycles. The zero-order valence-electron chi connectivity index (χ0n) is 14.8. The molecule has 0 fully saturated rings. The Labute approximate surface area is 179 Å². The SMILES string of the molecule is O=S(=O)(c1ccc(F)c(Cl)c1)c1c(Cl)nc2cc(F)ccc2c1-c1ccc(F)cc1. The van der Waals surface area contributed by atoms with E-state index in [1.807, 2.05) is 0 Å². The van der Waals surface area contributed by atoms with E-state index in [-0.39, 0.29) is 25.9 Å². The predicted molar refractivity (Wildman–Crippen MR) is 109 cm³/mol. The maximum Gasteiger partial charge on any atom is 0.210 e. The molecule has 0 aliphatic heterocycles. The van der Waals surface area contributed by atoms with Gasteiger partial charge in [0.1, 0.15) is 27.5 Å². The Morgan fingerprint density at radius 2 is 1.47 bits per heavy atom. The average Bonchev–Trinajstić information content (AvgIpc) is 2.69. The van der Waals surface area contributed by atoms with E-state index in [1.54, 1.807) is 0 Å². The average molecular weight is 468 g/mol. The maximum absolute atomic E-state index is 13.7. The second-order valence-corrected chi connectivity index (χ2v) is 9.01. The third-order valence-corrected chi connectivity index (χ3v) is 6.95. The molecular weight excluding hydrogens is 458 g/mol. The summed E-state index contributed by atoms with van der Waals surface area (Å²) in [6.07, 6.45) is 0. The number of halogens is 5. The Hall–Kier alpha value is -2.61. The molecule has 3 aromatic carbocycles. The minimum atomic E-state index is -4.33. The highest BCUT2D eigenvalue weighted by molar-refractivity contribution is 7.91. The highest BCUT2D eigenvalue weighted by Crippen LogP contribution is 2.41. The molecule has 0 bridgehead atoms. The van der Waals surface area contributed by atoms with E-state index in [9.17, 15) is 21.6 Å². The van der Waals surface area contributed by atoms with E-state index in [4.69, 9.17) is 23.2 Å². The van der Waals surface area contributed by atoms with Crippen LogP contribution in [0, 0.1) is 17.5 Å². The molecule has 4 aromatic rings. The van der Waals surface area contributed by atoms with E-state index >= 15 is 0 Å². The topological polar surface area (TPSA) is 47.0 Å². The van der Waals surface area contributed by atoms with Crippen LogP contribution in [-0.4, -0.2) is 13.4 Å². The van der Waals surface area contributed by atoms with Gasteiger partial charge in [-0.15, -0.1) is 0 Å². The summed E-state index contributed by atoms with van der Waals surface area (Å²) < 4.78 is 67.6. The van der Waals surface area contributed by atoms with Crippen molar-refractivity contribution in [3.05, 3.63) is 88.3 Å². The quantitative estimate of drug-likeness (QED) is 0.256. The Kier molecular flexibility index (Phi) is 5.22. The standard InChI is InChI=1S/C21H10Cl2F3NO2S/c22-16-10-14(6-8-17(16)26)30(28,29)20-19(11-1-3-12(24)4-2-11)15-7-5-13(25)9-18(15)27-21(20)23/h1-10H. The molecule has 1 aromatic heterocycles. The molecule has 3 nitrogen and oxygen atoms in total. The zero-order valence-corrected chi connectivity index (χ0v) is 17.2. The van der Waals surface area contributed by atoms with Gasteiger partial charge in [-0.3, -0.25) is 0 Å². The molecule has 0 unspecified atom stereocenters. The van der Waals surface area contributed by atoms with Crippen LogP contribution in [0.1, 0.15) is 0 Å². The monoisotopic (exact) mass is 467 g/mol. The van der Waals surface area contributed by atoms with Gasteiger partial charge in [0, 0.05) is 17.0 Å². The molecule has 0 radical (unpaired) electrons. The lowest BCUT2D eigenvalue weighted by molar-refractivity contribution is 0.595. The minimum absolute atomic E-state index is 0.116. The van der Waals surface area contributed by atoms with E-state index in [1.165, 1.54) is 18.2 Å². The molecule has 0 atom stereocenters. The predicted octanol–water partition coefficient (Wildman–Crippen LogP) is 6.46. The van der Waals surface area contributed by atoms with Gasteiger partial charge < -0.3 is 0 Å². The Bertz CT molecular complexity index is 1410.